The van der Waals surface area contributed by atoms with Crippen molar-refractivity contribution in [3.8, 4) is 0 Å². The number of rotatable bonds is 14. The zero-order valence-electron chi connectivity index (χ0n) is 22.6. The lowest BCUT2D eigenvalue weighted by Gasteiger charge is -2.43. The maximum Gasteiger partial charge on any atom is 0.508 e. The van der Waals surface area contributed by atoms with Crippen molar-refractivity contribution in [2.75, 3.05) is 0 Å². The predicted molar refractivity (Wildman–Crippen MR) is 128 cm³/mol. The molecule has 2 aliphatic rings. The van der Waals surface area contributed by atoms with E-state index in [9.17, 15) is 54.9 Å². The first-order valence-electron chi connectivity index (χ1n) is 12.2. The highest BCUT2D eigenvalue weighted by molar-refractivity contribution is 5.74. The molecule has 0 aromatic carbocycles. The molecule has 43 heavy (non-hydrogen) atoms. The number of ether oxygens (including phenoxy) is 6. The van der Waals surface area contributed by atoms with E-state index in [1.54, 1.807) is 0 Å². The van der Waals surface area contributed by atoms with Gasteiger partial charge in [0.25, 0.3) is 0 Å². The van der Waals surface area contributed by atoms with Crippen molar-refractivity contribution in [2.45, 2.75) is 87.8 Å². The minimum atomic E-state index is -2.58. The summed E-state index contributed by atoms with van der Waals surface area (Å²) in [4.78, 5) is 45.0. The molecule has 6 unspecified atom stereocenters. The molecule has 0 bridgehead atoms. The predicted octanol–water partition coefficient (Wildman–Crippen LogP) is -3.30. The van der Waals surface area contributed by atoms with Crippen LogP contribution in [-0.2, 0) is 42.8 Å². The van der Waals surface area contributed by atoms with Crippen molar-refractivity contribution in [3.05, 3.63) is 24.0 Å². The Morgan fingerprint density at radius 2 is 1.49 bits per heavy atom. The normalized spacial score (nSPS) is 28.9. The van der Waals surface area contributed by atoms with Crippen molar-refractivity contribution in [2.24, 2.45) is 5.92 Å². The highest BCUT2D eigenvalue weighted by Gasteiger charge is 2.52. The summed E-state index contributed by atoms with van der Waals surface area (Å²) in [5.41, 5.74) is -1.60. The summed E-state index contributed by atoms with van der Waals surface area (Å²) in [5.74, 6) is -8.17. The zero-order chi connectivity index (χ0) is 33.0. The summed E-state index contributed by atoms with van der Waals surface area (Å²) in [6.45, 7) is 3.66. The molecule has 244 valence electrons. The molecule has 1 saturated heterocycles. The second-order valence-electron chi connectivity index (χ2n) is 9.77. The molecule has 0 aromatic heterocycles. The summed E-state index contributed by atoms with van der Waals surface area (Å²) in [6.07, 6.45) is -21.3. The Bertz CT molecular complexity index is 1100. The van der Waals surface area contributed by atoms with Gasteiger partial charge in [-0.05, 0) is 19.9 Å². The molecule has 20 nitrogen and oxygen atoms in total. The molecular weight excluding hydrogens is 596 g/mol. The molecule has 0 saturated carbocycles. The smallest absolute Gasteiger partial charge is 0.495 e. The van der Waals surface area contributed by atoms with E-state index in [4.69, 9.17) is 39.0 Å². The second-order valence-corrected chi connectivity index (χ2v) is 9.77. The van der Waals surface area contributed by atoms with Crippen LogP contribution in [0, 0.1) is 5.92 Å². The highest BCUT2D eigenvalue weighted by atomic mass is 16.8. The van der Waals surface area contributed by atoms with E-state index in [1.807, 2.05) is 0 Å². The molecule has 1 fully saturated rings. The van der Waals surface area contributed by atoms with Crippen molar-refractivity contribution < 1.29 is 98.7 Å². The van der Waals surface area contributed by atoms with Crippen molar-refractivity contribution >= 4 is 24.1 Å². The van der Waals surface area contributed by atoms with Crippen LogP contribution in [0.25, 0.3) is 0 Å². The first kappa shape index (κ1) is 35.3. The molecule has 0 amide bonds. The molecule has 20 heteroatoms. The lowest BCUT2D eigenvalue weighted by Crippen LogP contribution is -2.57. The first-order chi connectivity index (χ1) is 19.8. The fourth-order valence-electron chi connectivity index (χ4n) is 4.15. The van der Waals surface area contributed by atoms with Crippen LogP contribution >= 0.6 is 0 Å². The minimum Gasteiger partial charge on any atom is -0.495 e. The number of hydrogen-bond donors (Lipinski definition) is 10. The van der Waals surface area contributed by atoms with Crippen molar-refractivity contribution in [1.29, 1.82) is 0 Å². The Labute approximate surface area is 241 Å². The van der Waals surface area contributed by atoms with Crippen molar-refractivity contribution in [1.82, 2.24) is 0 Å². The van der Waals surface area contributed by atoms with Crippen LogP contribution in [0.2, 0.25) is 0 Å². The van der Waals surface area contributed by atoms with E-state index in [0.717, 1.165) is 13.2 Å². The monoisotopic (exact) mass is 628 g/mol. The largest absolute Gasteiger partial charge is 0.508 e. The molecule has 0 radical (unpaired) electrons. The summed E-state index contributed by atoms with van der Waals surface area (Å²) < 4.78 is 30.4. The third kappa shape index (κ3) is 8.34. The quantitative estimate of drug-likeness (QED) is 0.0511. The van der Waals surface area contributed by atoms with Crippen LogP contribution < -0.4 is 0 Å². The van der Waals surface area contributed by atoms with E-state index in [-0.39, 0.29) is 0 Å². The van der Waals surface area contributed by atoms with Crippen LogP contribution in [0.5, 0.6) is 0 Å². The average molecular weight is 628 g/mol. The van der Waals surface area contributed by atoms with Crippen LogP contribution in [0.1, 0.15) is 20.8 Å². The highest BCUT2D eigenvalue weighted by Crippen LogP contribution is 2.38. The second kappa shape index (κ2) is 14.0. The topological polar surface area (TPSA) is 326 Å². The number of carboxylic acids is 3. The van der Waals surface area contributed by atoms with E-state index in [0.29, 0.717) is 0 Å². The maximum atomic E-state index is 12.1. The van der Waals surface area contributed by atoms with E-state index >= 15 is 0 Å². The van der Waals surface area contributed by atoms with Gasteiger partial charge in [0.2, 0.25) is 18.7 Å². The minimum absolute atomic E-state index is 0.678. The number of carboxylic acid groups (broad SMARTS) is 4. The molecule has 0 spiro atoms. The average Bonchev–Trinajstić information content (AvgIpc) is 3.41. The number of aliphatic hydroxyl groups excluding tert-OH is 6. The Morgan fingerprint density at radius 1 is 0.907 bits per heavy atom. The summed E-state index contributed by atoms with van der Waals surface area (Å²) >= 11 is 0. The lowest BCUT2D eigenvalue weighted by atomic mass is 9.82. The Hall–Kier alpha value is -3.92. The van der Waals surface area contributed by atoms with E-state index < -0.39 is 109 Å². The van der Waals surface area contributed by atoms with Gasteiger partial charge in [0.05, 0.1) is 11.9 Å². The number of aliphatic hydroxyl groups is 6. The molecule has 2 aliphatic heterocycles. The molecule has 0 aliphatic carbocycles. The van der Waals surface area contributed by atoms with Gasteiger partial charge >= 0.3 is 30.0 Å². The van der Waals surface area contributed by atoms with Crippen molar-refractivity contribution in [3.63, 3.8) is 0 Å². The van der Waals surface area contributed by atoms with Gasteiger partial charge in [-0.25, -0.2) is 19.2 Å². The molecule has 10 N–H and O–H groups in total. The Morgan fingerprint density at radius 3 is 2.00 bits per heavy atom. The Kier molecular flexibility index (Phi) is 11.5. The lowest BCUT2D eigenvalue weighted by molar-refractivity contribution is -0.290. The molecular formula is C23H32O20. The molecule has 0 aromatic rings. The number of hydrogen-bond acceptors (Lipinski definition) is 16. The fraction of sp³-hybridized carbons (Fsp3) is 0.652. The first-order valence-corrected chi connectivity index (χ1v) is 12.2. The van der Waals surface area contributed by atoms with Crippen LogP contribution in [-0.4, -0.2) is 142 Å². The van der Waals surface area contributed by atoms with Gasteiger partial charge < -0.3 is 79.5 Å². The summed E-state index contributed by atoms with van der Waals surface area (Å²) in [7, 11) is 0. The van der Waals surface area contributed by atoms with Crippen LogP contribution in [0.4, 0.5) is 4.79 Å². The van der Waals surface area contributed by atoms with E-state index in [2.05, 4.69) is 4.74 Å². The van der Waals surface area contributed by atoms with Gasteiger partial charge in [0.1, 0.15) is 18.3 Å². The number of carbonyl (C=O) groups is 4. The number of allylic oxidation sites excluding steroid dienone is 1. The fourth-order valence-corrected chi connectivity index (χ4v) is 4.15. The maximum absolute atomic E-state index is 12.1. The zero-order valence-corrected chi connectivity index (χ0v) is 22.6. The van der Waals surface area contributed by atoms with Gasteiger partial charge in [0.15, 0.2) is 30.2 Å². The van der Waals surface area contributed by atoms with Crippen LogP contribution in [0.15, 0.2) is 24.0 Å². The standard InChI is InChI=1S/C23H32O20/c1-6(39-13(11(27)17(30)31)19(34)42-22(36)37)21-40-14(18(32)33)15(20(35)41-21)43-23(2,3)7-4-5-38-12(7)9(25)8(24)10(26)16(28)29/h4-5,7-15,19-20,24-27,34-35H,1-3H3,(H,28,29)(H,30,31)(H,32,33)(H,36,37)/b21-6+/t7-,8+,9?,10?,11-,12?,13-,14?,15-,19?,20?/m1/s1. The van der Waals surface area contributed by atoms with Gasteiger partial charge in [-0.3, -0.25) is 0 Å². The third-order valence-corrected chi connectivity index (χ3v) is 6.33. The van der Waals surface area contributed by atoms with Gasteiger partial charge in [-0.2, -0.15) is 0 Å². The molecule has 2 rings (SSSR count). The number of aliphatic carboxylic acids is 3. The van der Waals surface area contributed by atoms with Crippen LogP contribution in [0.3, 0.4) is 0 Å². The van der Waals surface area contributed by atoms with Gasteiger partial charge in [-0.1, -0.05) is 0 Å². The Balaban J connectivity index is 2.30. The van der Waals surface area contributed by atoms with Gasteiger partial charge in [0, 0.05) is 12.8 Å². The summed E-state index contributed by atoms with van der Waals surface area (Å²) in [6, 6.07) is 0. The summed E-state index contributed by atoms with van der Waals surface area (Å²) in [5, 5.41) is 96.9. The van der Waals surface area contributed by atoms with Gasteiger partial charge in [-0.15, -0.1) is 0 Å². The molecule has 11 atom stereocenters. The van der Waals surface area contributed by atoms with E-state index in [1.165, 1.54) is 19.9 Å². The SMILES string of the molecule is C/C(O[C@@H](C(O)OC(=O)O)[C@@H](O)C(=O)O)=C1\OC(O)[C@H](OC(C)(C)[C@@H]2C=COC2C(O)[C@H](O)C(O)C(=O)O)C(C(=O)O)O1. The third-order valence-electron chi connectivity index (χ3n) is 6.33. The molecule has 2 heterocycles.